The number of hydroxylamine groups is 1. The second-order valence-corrected chi connectivity index (χ2v) is 6.28. The molecule has 0 aliphatic heterocycles. The van der Waals surface area contributed by atoms with E-state index in [0.29, 0.717) is 21.6 Å². The highest BCUT2D eigenvalue weighted by molar-refractivity contribution is 6.35. The minimum Gasteiger partial charge on any atom is -0.379 e. The topological polar surface area (TPSA) is 100 Å². The zero-order chi connectivity index (χ0) is 18.5. The van der Waals surface area contributed by atoms with Gasteiger partial charge in [0, 0.05) is 15.6 Å². The molecule has 0 amide bonds. The molecular formula is C17H16Cl2N5O2+. The molecule has 0 radical (unpaired) electrons. The van der Waals surface area contributed by atoms with Gasteiger partial charge in [0.25, 0.3) is 0 Å². The Labute approximate surface area is 159 Å². The molecule has 0 saturated carbocycles. The van der Waals surface area contributed by atoms with E-state index in [1.54, 1.807) is 18.2 Å². The molecule has 0 atom stereocenters. The number of benzene rings is 2. The number of nitrogen functional groups attached to an aromatic ring is 1. The molecule has 0 spiro atoms. The number of nitrogens with zero attached hydrogens (tertiary/aromatic N) is 2. The number of nitrogens with two attached hydrogens (primary N) is 1. The maximum Gasteiger partial charge on any atom is 0.336 e. The zero-order valence-electron chi connectivity index (χ0n) is 13.8. The van der Waals surface area contributed by atoms with E-state index in [0.717, 1.165) is 16.8 Å². The summed E-state index contributed by atoms with van der Waals surface area (Å²) in [6, 6.07) is 12.9. The molecule has 0 aliphatic rings. The fourth-order valence-corrected chi connectivity index (χ4v) is 2.64. The summed E-state index contributed by atoms with van der Waals surface area (Å²) in [5.41, 5.74) is 11.6. The number of hydrogen-bond donors (Lipinski definition) is 3. The number of aromatic nitrogens is 2. The van der Waals surface area contributed by atoms with E-state index in [2.05, 4.69) is 25.4 Å². The van der Waals surface area contributed by atoms with Crippen molar-refractivity contribution < 1.29 is 14.5 Å². The van der Waals surface area contributed by atoms with Crippen molar-refractivity contribution in [1.29, 1.82) is 0 Å². The van der Waals surface area contributed by atoms with Crippen molar-refractivity contribution in [3.05, 3.63) is 69.3 Å². The Morgan fingerprint density at radius 2 is 2.04 bits per heavy atom. The fourth-order valence-electron chi connectivity index (χ4n) is 2.17. The predicted octanol–water partition coefficient (Wildman–Crippen LogP) is 2.15. The highest BCUT2D eigenvalue weighted by Gasteiger charge is 2.21. The standard InChI is InChI=1S/C17H15Cl2N5O2/c1-10-4-2-3-5-14(10)21-17(15-16(20)23-26-22-15)24-25-9-11-6-7-12(18)8-13(11)19/h2-8H,9H2,1H3,(H2,20,23)(H,21,24)/p+1. The first kappa shape index (κ1) is 18.2. The SMILES string of the molecule is Cc1ccccc1[NH+]=C(NOCc1ccc(Cl)cc1Cl)c1nonc1N. The molecule has 0 aliphatic carbocycles. The zero-order valence-corrected chi connectivity index (χ0v) is 15.3. The number of para-hydroxylation sites is 1. The lowest BCUT2D eigenvalue weighted by Gasteiger charge is -2.05. The molecule has 3 aromatic rings. The molecule has 0 bridgehead atoms. The second-order valence-electron chi connectivity index (χ2n) is 5.44. The lowest BCUT2D eigenvalue weighted by Crippen LogP contribution is -2.71. The molecule has 7 nitrogen and oxygen atoms in total. The molecule has 26 heavy (non-hydrogen) atoms. The van der Waals surface area contributed by atoms with Gasteiger partial charge in [0.1, 0.15) is 12.3 Å². The average Bonchev–Trinajstić information content (AvgIpc) is 3.03. The highest BCUT2D eigenvalue weighted by Crippen LogP contribution is 2.21. The van der Waals surface area contributed by atoms with E-state index in [9.17, 15) is 0 Å². The van der Waals surface area contributed by atoms with Gasteiger partial charge in [-0.2, -0.15) is 4.84 Å². The van der Waals surface area contributed by atoms with Gasteiger partial charge in [-0.25, -0.2) is 9.62 Å². The molecule has 0 fully saturated rings. The smallest absolute Gasteiger partial charge is 0.336 e. The summed E-state index contributed by atoms with van der Waals surface area (Å²) >= 11 is 12.0. The van der Waals surface area contributed by atoms with Crippen LogP contribution >= 0.6 is 23.2 Å². The number of anilines is 1. The first-order valence-electron chi connectivity index (χ1n) is 7.64. The monoisotopic (exact) mass is 392 g/mol. The van der Waals surface area contributed by atoms with Crippen LogP contribution in [0.25, 0.3) is 0 Å². The van der Waals surface area contributed by atoms with Crippen LogP contribution in [0.4, 0.5) is 11.5 Å². The van der Waals surface area contributed by atoms with Crippen LogP contribution in [0.2, 0.25) is 10.0 Å². The maximum absolute atomic E-state index is 6.15. The van der Waals surface area contributed by atoms with Crippen molar-refractivity contribution in [2.24, 2.45) is 0 Å². The first-order valence-corrected chi connectivity index (χ1v) is 8.40. The molecule has 4 N–H and O–H groups in total. The van der Waals surface area contributed by atoms with Crippen molar-refractivity contribution in [2.45, 2.75) is 13.5 Å². The minimum absolute atomic E-state index is 0.127. The molecule has 9 heteroatoms. The van der Waals surface area contributed by atoms with Gasteiger partial charge in [-0.05, 0) is 41.0 Å². The summed E-state index contributed by atoms with van der Waals surface area (Å²) < 4.78 is 4.67. The van der Waals surface area contributed by atoms with Crippen LogP contribution in [0.15, 0.2) is 47.1 Å². The third-order valence-electron chi connectivity index (χ3n) is 3.57. The van der Waals surface area contributed by atoms with E-state index < -0.39 is 0 Å². The van der Waals surface area contributed by atoms with Crippen LogP contribution in [0.5, 0.6) is 0 Å². The number of nitrogens with one attached hydrogen (secondary N) is 2. The van der Waals surface area contributed by atoms with Crippen molar-refractivity contribution in [3.8, 4) is 0 Å². The van der Waals surface area contributed by atoms with Crippen LogP contribution < -0.4 is 16.2 Å². The van der Waals surface area contributed by atoms with E-state index in [-0.39, 0.29) is 12.4 Å². The molecular weight excluding hydrogens is 377 g/mol. The quantitative estimate of drug-likeness (QED) is 0.349. The Kier molecular flexibility index (Phi) is 5.72. The van der Waals surface area contributed by atoms with Crippen LogP contribution in [0.1, 0.15) is 16.8 Å². The molecule has 1 heterocycles. The maximum atomic E-state index is 6.15. The van der Waals surface area contributed by atoms with Crippen molar-refractivity contribution in [3.63, 3.8) is 0 Å². The Hall–Kier alpha value is -2.61. The number of rotatable bonds is 5. The van der Waals surface area contributed by atoms with Gasteiger partial charge in [-0.1, -0.05) is 47.5 Å². The Morgan fingerprint density at radius 3 is 2.73 bits per heavy atom. The van der Waals surface area contributed by atoms with Gasteiger partial charge in [-0.3, -0.25) is 0 Å². The number of amidine groups is 1. The number of halogens is 2. The van der Waals surface area contributed by atoms with E-state index in [1.165, 1.54) is 0 Å². The molecule has 0 saturated heterocycles. The number of aryl methyl sites for hydroxylation is 1. The van der Waals surface area contributed by atoms with E-state index >= 15 is 0 Å². The molecule has 2 aromatic carbocycles. The Balaban J connectivity index is 1.81. The molecule has 134 valence electrons. The van der Waals surface area contributed by atoms with Crippen LogP contribution in [-0.2, 0) is 11.4 Å². The Bertz CT molecular complexity index is 942. The lowest BCUT2D eigenvalue weighted by atomic mass is 10.2. The van der Waals surface area contributed by atoms with Gasteiger partial charge >= 0.3 is 5.84 Å². The van der Waals surface area contributed by atoms with Crippen molar-refractivity contribution in [2.75, 3.05) is 5.73 Å². The summed E-state index contributed by atoms with van der Waals surface area (Å²) in [5.74, 6) is 0.518. The van der Waals surface area contributed by atoms with E-state index in [1.807, 2.05) is 31.2 Å². The summed E-state index contributed by atoms with van der Waals surface area (Å²) in [6.45, 7) is 2.17. The van der Waals surface area contributed by atoms with Gasteiger partial charge in [-0.15, -0.1) is 5.48 Å². The molecule has 0 unspecified atom stereocenters. The summed E-state index contributed by atoms with van der Waals surface area (Å²) in [5, 5.41) is 8.46. The van der Waals surface area contributed by atoms with Crippen LogP contribution in [0, 0.1) is 6.92 Å². The van der Waals surface area contributed by atoms with Crippen LogP contribution in [0.3, 0.4) is 0 Å². The predicted molar refractivity (Wildman–Crippen MR) is 99.0 cm³/mol. The summed E-state index contributed by atoms with van der Waals surface area (Å²) in [4.78, 5) is 8.74. The molecule has 3 rings (SSSR count). The second kappa shape index (κ2) is 8.18. The number of hydrogen-bond acceptors (Lipinski definition) is 5. The van der Waals surface area contributed by atoms with Crippen LogP contribution in [-0.4, -0.2) is 16.1 Å². The van der Waals surface area contributed by atoms with Gasteiger partial charge in [0.2, 0.25) is 11.5 Å². The third kappa shape index (κ3) is 4.32. The van der Waals surface area contributed by atoms with Gasteiger partial charge in [0.15, 0.2) is 0 Å². The third-order valence-corrected chi connectivity index (χ3v) is 4.16. The van der Waals surface area contributed by atoms with E-state index in [4.69, 9.17) is 33.8 Å². The highest BCUT2D eigenvalue weighted by atomic mass is 35.5. The fraction of sp³-hybridized carbons (Fsp3) is 0.118. The Morgan fingerprint density at radius 1 is 1.23 bits per heavy atom. The largest absolute Gasteiger partial charge is 0.379 e. The lowest BCUT2D eigenvalue weighted by molar-refractivity contribution is -0.360. The van der Waals surface area contributed by atoms with Crippen molar-refractivity contribution in [1.82, 2.24) is 15.8 Å². The first-order chi connectivity index (χ1) is 12.5. The summed E-state index contributed by atoms with van der Waals surface area (Å²) in [6.07, 6.45) is 0. The molecule has 1 aromatic heterocycles. The minimum atomic E-state index is 0.127. The van der Waals surface area contributed by atoms with Gasteiger partial charge < -0.3 is 5.73 Å². The average molecular weight is 393 g/mol. The summed E-state index contributed by atoms with van der Waals surface area (Å²) in [7, 11) is 0. The van der Waals surface area contributed by atoms with Gasteiger partial charge in [0.05, 0.1) is 0 Å². The normalized spacial score (nSPS) is 11.6. The van der Waals surface area contributed by atoms with Crippen molar-refractivity contribution >= 4 is 40.5 Å².